The van der Waals surface area contributed by atoms with Crippen LogP contribution in [0, 0.1) is 5.82 Å². The second kappa shape index (κ2) is 7.02. The van der Waals surface area contributed by atoms with Gasteiger partial charge in [0.05, 0.1) is 0 Å². The Hall–Kier alpha value is -1.17. The molecule has 0 amide bonds. The van der Waals surface area contributed by atoms with Gasteiger partial charge < -0.3 is 15.3 Å². The summed E-state index contributed by atoms with van der Waals surface area (Å²) >= 11 is 0. The lowest BCUT2D eigenvalue weighted by Gasteiger charge is -2.32. The third-order valence-electron chi connectivity index (χ3n) is 3.93. The minimum Gasteiger partial charge on any atom is -0.508 e. The highest BCUT2D eigenvalue weighted by atomic mass is 19.1. The maximum atomic E-state index is 12.9. The molecule has 1 atom stereocenters. The van der Waals surface area contributed by atoms with Crippen LogP contribution in [0.5, 0.6) is 5.75 Å². The first-order valence-corrected chi connectivity index (χ1v) is 7.19. The highest BCUT2D eigenvalue weighted by molar-refractivity contribution is 5.34. The smallest absolute Gasteiger partial charge is 0.126 e. The molecule has 0 bridgehead atoms. The standard InChI is InChI=1S/C15H24FN3O/c1-12(14-4-3-13(16)11-15(14)20)17-5-6-19-9-7-18(2)8-10-19/h3-4,11-12,17,20H,5-10H2,1-2H3. The van der Waals surface area contributed by atoms with Crippen LogP contribution in [0.3, 0.4) is 0 Å². The molecule has 5 heteroatoms. The predicted octanol–water partition coefficient (Wildman–Crippen LogP) is 1.43. The van der Waals surface area contributed by atoms with Crippen LogP contribution in [-0.4, -0.2) is 61.2 Å². The lowest BCUT2D eigenvalue weighted by molar-refractivity contribution is 0.154. The molecule has 112 valence electrons. The van der Waals surface area contributed by atoms with E-state index in [4.69, 9.17) is 0 Å². The van der Waals surface area contributed by atoms with Crippen molar-refractivity contribution in [1.82, 2.24) is 15.1 Å². The third kappa shape index (κ3) is 4.16. The van der Waals surface area contributed by atoms with Crippen LogP contribution >= 0.6 is 0 Å². The van der Waals surface area contributed by atoms with Gasteiger partial charge >= 0.3 is 0 Å². The number of nitrogens with zero attached hydrogens (tertiary/aromatic N) is 2. The van der Waals surface area contributed by atoms with E-state index in [1.807, 2.05) is 6.92 Å². The summed E-state index contributed by atoms with van der Waals surface area (Å²) < 4.78 is 12.9. The topological polar surface area (TPSA) is 38.7 Å². The van der Waals surface area contributed by atoms with Crippen molar-refractivity contribution in [3.63, 3.8) is 0 Å². The van der Waals surface area contributed by atoms with E-state index in [1.165, 1.54) is 6.07 Å². The molecule has 2 N–H and O–H groups in total. The van der Waals surface area contributed by atoms with E-state index in [2.05, 4.69) is 22.2 Å². The molecule has 0 radical (unpaired) electrons. The molecular weight excluding hydrogens is 257 g/mol. The Kier molecular flexibility index (Phi) is 5.34. The summed E-state index contributed by atoms with van der Waals surface area (Å²) in [5.74, 6) is -0.388. The molecule has 4 nitrogen and oxygen atoms in total. The van der Waals surface area contributed by atoms with Crippen molar-refractivity contribution in [1.29, 1.82) is 0 Å². The number of rotatable bonds is 5. The first-order valence-electron chi connectivity index (χ1n) is 7.19. The zero-order valence-electron chi connectivity index (χ0n) is 12.3. The van der Waals surface area contributed by atoms with Gasteiger partial charge in [0, 0.05) is 56.9 Å². The molecule has 1 aromatic carbocycles. The van der Waals surface area contributed by atoms with E-state index in [0.29, 0.717) is 0 Å². The molecule has 1 unspecified atom stereocenters. The van der Waals surface area contributed by atoms with Crippen LogP contribution in [-0.2, 0) is 0 Å². The summed E-state index contributed by atoms with van der Waals surface area (Å²) in [5.41, 5.74) is 0.741. The van der Waals surface area contributed by atoms with Gasteiger partial charge in [0.1, 0.15) is 11.6 Å². The van der Waals surface area contributed by atoms with E-state index in [-0.39, 0.29) is 11.8 Å². The van der Waals surface area contributed by atoms with Crippen molar-refractivity contribution in [2.75, 3.05) is 46.3 Å². The van der Waals surface area contributed by atoms with Crippen molar-refractivity contribution in [2.24, 2.45) is 0 Å². The van der Waals surface area contributed by atoms with Crippen LogP contribution in [0.1, 0.15) is 18.5 Å². The van der Waals surface area contributed by atoms with E-state index in [9.17, 15) is 9.50 Å². The second-order valence-corrected chi connectivity index (χ2v) is 5.52. The summed E-state index contributed by atoms with van der Waals surface area (Å²) in [5, 5.41) is 13.1. The third-order valence-corrected chi connectivity index (χ3v) is 3.93. The first-order chi connectivity index (χ1) is 9.56. The highest BCUT2D eigenvalue weighted by Crippen LogP contribution is 2.24. The van der Waals surface area contributed by atoms with Gasteiger partial charge in [0.2, 0.25) is 0 Å². The van der Waals surface area contributed by atoms with Gasteiger partial charge in [-0.2, -0.15) is 0 Å². The molecule has 1 aliphatic heterocycles. The Bertz CT molecular complexity index is 433. The largest absolute Gasteiger partial charge is 0.508 e. The number of halogens is 1. The summed E-state index contributed by atoms with van der Waals surface area (Å²) in [4.78, 5) is 4.77. The fraction of sp³-hybridized carbons (Fsp3) is 0.600. The number of nitrogens with one attached hydrogen (secondary N) is 1. The van der Waals surface area contributed by atoms with Gasteiger partial charge in [0.25, 0.3) is 0 Å². The molecule has 0 spiro atoms. The number of phenolic OH excluding ortho intramolecular Hbond substituents is 1. The number of hydrogen-bond donors (Lipinski definition) is 2. The fourth-order valence-electron chi connectivity index (χ4n) is 2.50. The lowest BCUT2D eigenvalue weighted by atomic mass is 10.1. The van der Waals surface area contributed by atoms with Gasteiger partial charge in [-0.15, -0.1) is 0 Å². The van der Waals surface area contributed by atoms with Crippen molar-refractivity contribution in [3.8, 4) is 5.75 Å². The Morgan fingerprint density at radius 1 is 1.30 bits per heavy atom. The van der Waals surface area contributed by atoms with Gasteiger partial charge in [-0.25, -0.2) is 4.39 Å². The average Bonchev–Trinajstić information content (AvgIpc) is 2.41. The molecule has 1 fully saturated rings. The molecule has 0 saturated carbocycles. The lowest BCUT2D eigenvalue weighted by Crippen LogP contribution is -2.46. The van der Waals surface area contributed by atoms with Crippen molar-refractivity contribution >= 4 is 0 Å². The quantitative estimate of drug-likeness (QED) is 0.856. The zero-order valence-corrected chi connectivity index (χ0v) is 12.3. The minimum atomic E-state index is -0.407. The van der Waals surface area contributed by atoms with E-state index < -0.39 is 5.82 Å². The summed E-state index contributed by atoms with van der Waals surface area (Å²) in [6.45, 7) is 8.30. The summed E-state index contributed by atoms with van der Waals surface area (Å²) in [6, 6.07) is 4.20. The van der Waals surface area contributed by atoms with Crippen LogP contribution in [0.15, 0.2) is 18.2 Å². The highest BCUT2D eigenvalue weighted by Gasteiger charge is 2.14. The Morgan fingerprint density at radius 3 is 2.65 bits per heavy atom. The fourth-order valence-corrected chi connectivity index (χ4v) is 2.50. The van der Waals surface area contributed by atoms with Crippen LogP contribution < -0.4 is 5.32 Å². The van der Waals surface area contributed by atoms with Crippen LogP contribution in [0.4, 0.5) is 4.39 Å². The molecular formula is C15H24FN3O. The normalized spacial score (nSPS) is 19.1. The number of aromatic hydroxyl groups is 1. The average molecular weight is 281 g/mol. The number of phenols is 1. The maximum Gasteiger partial charge on any atom is 0.126 e. The molecule has 1 aromatic rings. The van der Waals surface area contributed by atoms with E-state index >= 15 is 0 Å². The number of benzene rings is 1. The zero-order chi connectivity index (χ0) is 14.5. The molecule has 0 aliphatic carbocycles. The Morgan fingerprint density at radius 2 is 2.00 bits per heavy atom. The minimum absolute atomic E-state index is 0.0167. The van der Waals surface area contributed by atoms with Crippen LogP contribution in [0.25, 0.3) is 0 Å². The monoisotopic (exact) mass is 281 g/mol. The predicted molar refractivity (Wildman–Crippen MR) is 78.4 cm³/mol. The molecule has 2 rings (SSSR count). The SMILES string of the molecule is CC(NCCN1CCN(C)CC1)c1ccc(F)cc1O. The van der Waals surface area contributed by atoms with Gasteiger partial charge in [-0.1, -0.05) is 6.07 Å². The van der Waals surface area contributed by atoms with Crippen molar-refractivity contribution < 1.29 is 9.50 Å². The Balaban J connectivity index is 1.76. The second-order valence-electron chi connectivity index (χ2n) is 5.52. The summed E-state index contributed by atoms with van der Waals surface area (Å²) in [7, 11) is 2.15. The maximum absolute atomic E-state index is 12.9. The molecule has 20 heavy (non-hydrogen) atoms. The number of piperazine rings is 1. The first kappa shape index (κ1) is 15.2. The van der Waals surface area contributed by atoms with Crippen LogP contribution in [0.2, 0.25) is 0 Å². The molecule has 1 aliphatic rings. The Labute approximate surface area is 120 Å². The molecule has 1 heterocycles. The molecule has 1 saturated heterocycles. The molecule has 0 aromatic heterocycles. The van der Waals surface area contributed by atoms with Gasteiger partial charge in [-0.05, 0) is 20.0 Å². The summed E-state index contributed by atoms with van der Waals surface area (Å²) in [6.07, 6.45) is 0. The van der Waals surface area contributed by atoms with E-state index in [1.54, 1.807) is 6.07 Å². The number of hydrogen-bond acceptors (Lipinski definition) is 4. The van der Waals surface area contributed by atoms with E-state index in [0.717, 1.165) is 50.9 Å². The van der Waals surface area contributed by atoms with Crippen molar-refractivity contribution in [2.45, 2.75) is 13.0 Å². The van der Waals surface area contributed by atoms with Gasteiger partial charge in [-0.3, -0.25) is 4.90 Å². The van der Waals surface area contributed by atoms with Crippen molar-refractivity contribution in [3.05, 3.63) is 29.6 Å². The number of likely N-dealkylation sites (N-methyl/N-ethyl adjacent to an activating group) is 1. The van der Waals surface area contributed by atoms with Gasteiger partial charge in [0.15, 0.2) is 0 Å².